The van der Waals surface area contributed by atoms with E-state index in [0.717, 1.165) is 19.4 Å². The fourth-order valence-corrected chi connectivity index (χ4v) is 1.92. The molecule has 12 heavy (non-hydrogen) atoms. The summed E-state index contributed by atoms with van der Waals surface area (Å²) in [5.41, 5.74) is 0. The van der Waals surface area contributed by atoms with Gasteiger partial charge in [0.05, 0.1) is 12.6 Å². The van der Waals surface area contributed by atoms with Crippen LogP contribution in [0.25, 0.3) is 0 Å². The molecule has 0 aromatic carbocycles. The molecule has 0 radical (unpaired) electrons. The molecule has 0 spiro atoms. The Kier molecular flexibility index (Phi) is 4.01. The van der Waals surface area contributed by atoms with Gasteiger partial charge in [-0.1, -0.05) is 15.9 Å². The molecule has 1 N–H and O–H groups in total. The number of amides is 1. The SMILES string of the molecule is O=C(CCBr)N1CCC[C@@H]1CO. The average molecular weight is 236 g/mol. The van der Waals surface area contributed by atoms with E-state index >= 15 is 0 Å². The highest BCUT2D eigenvalue weighted by Crippen LogP contribution is 2.17. The fraction of sp³-hybridized carbons (Fsp3) is 0.875. The van der Waals surface area contributed by atoms with Crippen molar-refractivity contribution in [2.75, 3.05) is 18.5 Å². The molecule has 1 aliphatic rings. The Bertz CT molecular complexity index is 163. The quantitative estimate of drug-likeness (QED) is 0.735. The molecule has 1 heterocycles. The number of rotatable bonds is 3. The monoisotopic (exact) mass is 235 g/mol. The van der Waals surface area contributed by atoms with Crippen molar-refractivity contribution in [3.63, 3.8) is 0 Å². The number of likely N-dealkylation sites (tertiary alicyclic amines) is 1. The summed E-state index contributed by atoms with van der Waals surface area (Å²) in [7, 11) is 0. The van der Waals surface area contributed by atoms with Gasteiger partial charge in [0.2, 0.25) is 5.91 Å². The Balaban J connectivity index is 2.43. The minimum Gasteiger partial charge on any atom is -0.394 e. The van der Waals surface area contributed by atoms with Crippen LogP contribution in [-0.4, -0.2) is 40.4 Å². The summed E-state index contributed by atoms with van der Waals surface area (Å²) in [4.78, 5) is 13.2. The van der Waals surface area contributed by atoms with Crippen LogP contribution in [0.5, 0.6) is 0 Å². The number of halogens is 1. The predicted octanol–water partition coefficient (Wildman–Crippen LogP) is 0.755. The highest BCUT2D eigenvalue weighted by atomic mass is 79.9. The highest BCUT2D eigenvalue weighted by Gasteiger charge is 2.26. The Labute approximate surface area is 80.9 Å². The van der Waals surface area contributed by atoms with Crippen molar-refractivity contribution in [1.29, 1.82) is 0 Å². The van der Waals surface area contributed by atoms with Gasteiger partial charge in [-0.25, -0.2) is 0 Å². The first-order valence-corrected chi connectivity index (χ1v) is 5.38. The van der Waals surface area contributed by atoms with Crippen LogP contribution in [0.2, 0.25) is 0 Å². The van der Waals surface area contributed by atoms with Gasteiger partial charge in [-0.2, -0.15) is 0 Å². The van der Waals surface area contributed by atoms with Crippen LogP contribution in [0.15, 0.2) is 0 Å². The van der Waals surface area contributed by atoms with Gasteiger partial charge < -0.3 is 10.0 Å². The molecular formula is C8H14BrNO2. The van der Waals surface area contributed by atoms with E-state index in [9.17, 15) is 4.79 Å². The molecule has 0 bridgehead atoms. The molecule has 1 amide bonds. The first-order valence-electron chi connectivity index (χ1n) is 4.26. The second kappa shape index (κ2) is 4.82. The smallest absolute Gasteiger partial charge is 0.223 e. The molecule has 3 nitrogen and oxygen atoms in total. The Morgan fingerprint density at radius 3 is 3.00 bits per heavy atom. The second-order valence-electron chi connectivity index (χ2n) is 3.00. The van der Waals surface area contributed by atoms with Gasteiger partial charge in [0.25, 0.3) is 0 Å². The van der Waals surface area contributed by atoms with Gasteiger partial charge in [0, 0.05) is 18.3 Å². The summed E-state index contributed by atoms with van der Waals surface area (Å²) in [6.45, 7) is 0.922. The normalized spacial score (nSPS) is 23.2. The summed E-state index contributed by atoms with van der Waals surface area (Å²) < 4.78 is 0. The van der Waals surface area contributed by atoms with E-state index in [2.05, 4.69) is 15.9 Å². The maximum atomic E-state index is 11.4. The molecule has 1 rings (SSSR count). The number of nitrogens with zero attached hydrogens (tertiary/aromatic N) is 1. The third-order valence-corrected chi connectivity index (χ3v) is 2.61. The third-order valence-electron chi connectivity index (χ3n) is 2.22. The highest BCUT2D eigenvalue weighted by molar-refractivity contribution is 9.09. The van der Waals surface area contributed by atoms with Crippen LogP contribution in [0.3, 0.4) is 0 Å². The minimum absolute atomic E-state index is 0.0801. The van der Waals surface area contributed by atoms with Crippen molar-refractivity contribution in [1.82, 2.24) is 4.90 Å². The molecule has 1 fully saturated rings. The van der Waals surface area contributed by atoms with E-state index in [-0.39, 0.29) is 18.6 Å². The summed E-state index contributed by atoms with van der Waals surface area (Å²) in [5, 5.41) is 9.66. The molecule has 0 unspecified atom stereocenters. The Morgan fingerprint density at radius 2 is 2.42 bits per heavy atom. The number of hydrogen-bond acceptors (Lipinski definition) is 2. The van der Waals surface area contributed by atoms with Crippen LogP contribution in [-0.2, 0) is 4.79 Å². The van der Waals surface area contributed by atoms with Gasteiger partial charge in [0.1, 0.15) is 0 Å². The number of hydrogen-bond donors (Lipinski definition) is 1. The van der Waals surface area contributed by atoms with Crippen molar-refractivity contribution in [3.05, 3.63) is 0 Å². The number of carbonyl (C=O) groups excluding carboxylic acids is 1. The molecule has 0 saturated carbocycles. The number of carbonyl (C=O) groups is 1. The molecule has 0 aromatic heterocycles. The molecule has 1 saturated heterocycles. The number of aliphatic hydroxyl groups excluding tert-OH is 1. The molecular weight excluding hydrogens is 222 g/mol. The van der Waals surface area contributed by atoms with Gasteiger partial charge in [0.15, 0.2) is 0 Å². The largest absolute Gasteiger partial charge is 0.394 e. The van der Waals surface area contributed by atoms with E-state index in [1.54, 1.807) is 4.90 Å². The zero-order valence-corrected chi connectivity index (χ0v) is 8.59. The van der Waals surface area contributed by atoms with Gasteiger partial charge >= 0.3 is 0 Å². The fourth-order valence-electron chi connectivity index (χ4n) is 1.58. The van der Waals surface area contributed by atoms with E-state index in [1.165, 1.54) is 0 Å². The molecule has 4 heteroatoms. The lowest BCUT2D eigenvalue weighted by Gasteiger charge is -2.22. The van der Waals surface area contributed by atoms with Gasteiger partial charge in [-0.15, -0.1) is 0 Å². The number of aliphatic hydroxyl groups is 1. The molecule has 0 aliphatic carbocycles. The van der Waals surface area contributed by atoms with Crippen molar-refractivity contribution >= 4 is 21.8 Å². The summed E-state index contributed by atoms with van der Waals surface area (Å²) >= 11 is 3.23. The van der Waals surface area contributed by atoms with E-state index in [0.29, 0.717) is 11.8 Å². The Hall–Kier alpha value is -0.0900. The second-order valence-corrected chi connectivity index (χ2v) is 3.80. The molecule has 70 valence electrons. The summed E-state index contributed by atoms with van der Waals surface area (Å²) in [6, 6.07) is 0.0801. The average Bonchev–Trinajstić information content (AvgIpc) is 2.51. The number of alkyl halides is 1. The van der Waals surface area contributed by atoms with Crippen molar-refractivity contribution < 1.29 is 9.90 Å². The van der Waals surface area contributed by atoms with Crippen LogP contribution in [0.1, 0.15) is 19.3 Å². The van der Waals surface area contributed by atoms with Crippen LogP contribution in [0, 0.1) is 0 Å². The van der Waals surface area contributed by atoms with Gasteiger partial charge in [-0.3, -0.25) is 4.79 Å². The topological polar surface area (TPSA) is 40.5 Å². The van der Waals surface area contributed by atoms with Crippen LogP contribution in [0.4, 0.5) is 0 Å². The Morgan fingerprint density at radius 1 is 1.67 bits per heavy atom. The minimum atomic E-state index is 0.0801. The first kappa shape index (κ1) is 9.99. The van der Waals surface area contributed by atoms with Crippen molar-refractivity contribution in [2.45, 2.75) is 25.3 Å². The van der Waals surface area contributed by atoms with Gasteiger partial charge in [-0.05, 0) is 12.8 Å². The standard InChI is InChI=1S/C8H14BrNO2/c9-4-3-8(12)10-5-1-2-7(10)6-11/h7,11H,1-6H2/t7-/m1/s1. The zero-order chi connectivity index (χ0) is 8.97. The van der Waals surface area contributed by atoms with E-state index in [4.69, 9.17) is 5.11 Å². The zero-order valence-electron chi connectivity index (χ0n) is 7.00. The molecule has 1 atom stereocenters. The maximum absolute atomic E-state index is 11.4. The van der Waals surface area contributed by atoms with E-state index in [1.807, 2.05) is 0 Å². The van der Waals surface area contributed by atoms with Crippen molar-refractivity contribution in [3.8, 4) is 0 Å². The van der Waals surface area contributed by atoms with Crippen molar-refractivity contribution in [2.24, 2.45) is 0 Å². The molecule has 0 aromatic rings. The van der Waals surface area contributed by atoms with Crippen LogP contribution < -0.4 is 0 Å². The maximum Gasteiger partial charge on any atom is 0.223 e. The summed E-state index contributed by atoms with van der Waals surface area (Å²) in [5.74, 6) is 0.156. The van der Waals surface area contributed by atoms with E-state index < -0.39 is 0 Å². The van der Waals surface area contributed by atoms with Crippen LogP contribution >= 0.6 is 15.9 Å². The molecule has 1 aliphatic heterocycles. The third kappa shape index (κ3) is 2.20. The lowest BCUT2D eigenvalue weighted by atomic mass is 10.2. The first-order chi connectivity index (χ1) is 5.79. The lowest BCUT2D eigenvalue weighted by molar-refractivity contribution is -0.132. The summed E-state index contributed by atoms with van der Waals surface area (Å²) in [6.07, 6.45) is 2.51. The predicted molar refractivity (Wildman–Crippen MR) is 50.2 cm³/mol. The lowest BCUT2D eigenvalue weighted by Crippen LogP contribution is -2.37.